The fourth-order valence-electron chi connectivity index (χ4n) is 0.860. The smallest absolute Gasteiger partial charge is 0.0140 e. The number of thioether (sulfide) groups is 1. The molecule has 0 aliphatic heterocycles. The first kappa shape index (κ1) is 11.8. The Bertz CT molecular complexity index is 166. The zero-order chi connectivity index (χ0) is 9.40. The minimum absolute atomic E-state index is 1.22. The van der Waals surface area contributed by atoms with Crippen LogP contribution in [-0.4, -0.2) is 6.26 Å². The number of rotatable bonds is 5. The zero-order valence-corrected chi connectivity index (χ0v) is 9.50. The van der Waals surface area contributed by atoms with E-state index in [9.17, 15) is 0 Å². The third-order valence-electron chi connectivity index (χ3n) is 1.95. The Morgan fingerprint density at radius 2 is 2.00 bits per heavy atom. The van der Waals surface area contributed by atoms with Crippen molar-refractivity contribution in [2.75, 3.05) is 6.26 Å². The third-order valence-corrected chi connectivity index (χ3v) is 2.89. The molecule has 70 valence electrons. The molecule has 0 rings (SSSR count). The highest BCUT2D eigenvalue weighted by atomic mass is 32.2. The van der Waals surface area contributed by atoms with Crippen molar-refractivity contribution in [3.05, 3.63) is 22.6 Å². The van der Waals surface area contributed by atoms with Crippen LogP contribution in [0.3, 0.4) is 0 Å². The highest BCUT2D eigenvalue weighted by Crippen LogP contribution is 2.16. The minimum Gasteiger partial charge on any atom is -0.134 e. The predicted octanol–water partition coefficient (Wildman–Crippen LogP) is 4.39. The second-order valence-electron chi connectivity index (χ2n) is 2.99. The van der Waals surface area contributed by atoms with E-state index < -0.39 is 0 Å². The molecule has 0 N–H and O–H groups in total. The monoisotopic (exact) mass is 184 g/mol. The molecule has 0 radical (unpaired) electrons. The van der Waals surface area contributed by atoms with Crippen LogP contribution in [-0.2, 0) is 0 Å². The molecule has 0 amide bonds. The van der Waals surface area contributed by atoms with Crippen molar-refractivity contribution in [2.45, 2.75) is 40.0 Å². The van der Waals surface area contributed by atoms with Gasteiger partial charge in [0.1, 0.15) is 0 Å². The summed E-state index contributed by atoms with van der Waals surface area (Å²) in [5, 5.41) is 0. The van der Waals surface area contributed by atoms with Crippen LogP contribution < -0.4 is 0 Å². The standard InChI is InChI=1S/C11H20S/c1-5-6-7-8-9-10(2)11(3)12-4/h8-9H,5-7H2,1-4H3/b9-8-,11-10-. The zero-order valence-electron chi connectivity index (χ0n) is 8.68. The molecule has 0 bridgehead atoms. The average molecular weight is 184 g/mol. The van der Waals surface area contributed by atoms with Crippen molar-refractivity contribution in [1.82, 2.24) is 0 Å². The van der Waals surface area contributed by atoms with Crippen molar-refractivity contribution in [1.29, 1.82) is 0 Å². The highest BCUT2D eigenvalue weighted by Gasteiger charge is 1.89. The van der Waals surface area contributed by atoms with E-state index in [1.807, 2.05) is 11.8 Å². The Morgan fingerprint density at radius 1 is 1.33 bits per heavy atom. The summed E-state index contributed by atoms with van der Waals surface area (Å²) in [4.78, 5) is 1.42. The van der Waals surface area contributed by atoms with Crippen LogP contribution in [0.15, 0.2) is 22.6 Å². The summed E-state index contributed by atoms with van der Waals surface area (Å²) < 4.78 is 0. The van der Waals surface area contributed by atoms with Gasteiger partial charge in [0, 0.05) is 0 Å². The maximum atomic E-state index is 2.28. The lowest BCUT2D eigenvalue weighted by atomic mass is 10.2. The van der Waals surface area contributed by atoms with E-state index in [0.717, 1.165) is 0 Å². The van der Waals surface area contributed by atoms with Gasteiger partial charge in [0.25, 0.3) is 0 Å². The van der Waals surface area contributed by atoms with E-state index in [1.54, 1.807) is 0 Å². The van der Waals surface area contributed by atoms with Gasteiger partial charge < -0.3 is 0 Å². The summed E-state index contributed by atoms with van der Waals surface area (Å²) in [6, 6.07) is 0. The van der Waals surface area contributed by atoms with Gasteiger partial charge in [-0.3, -0.25) is 0 Å². The summed E-state index contributed by atoms with van der Waals surface area (Å²) in [5.41, 5.74) is 1.40. The van der Waals surface area contributed by atoms with Gasteiger partial charge in [-0.2, -0.15) is 0 Å². The molecule has 0 heterocycles. The molecule has 0 saturated heterocycles. The van der Waals surface area contributed by atoms with Crippen molar-refractivity contribution in [3.8, 4) is 0 Å². The normalized spacial score (nSPS) is 13.7. The molecule has 0 atom stereocenters. The molecule has 0 unspecified atom stereocenters. The number of hydrogen-bond donors (Lipinski definition) is 0. The molecular weight excluding hydrogens is 164 g/mol. The first-order chi connectivity index (χ1) is 5.72. The van der Waals surface area contributed by atoms with Gasteiger partial charge in [0.05, 0.1) is 0 Å². The molecular formula is C11H20S. The second-order valence-corrected chi connectivity index (χ2v) is 4.01. The number of hydrogen-bond acceptors (Lipinski definition) is 1. The summed E-state index contributed by atoms with van der Waals surface area (Å²) in [6.07, 6.45) is 10.4. The summed E-state index contributed by atoms with van der Waals surface area (Å²) in [6.45, 7) is 6.57. The van der Waals surface area contributed by atoms with Crippen LogP contribution >= 0.6 is 11.8 Å². The lowest BCUT2D eigenvalue weighted by Gasteiger charge is -1.98. The van der Waals surface area contributed by atoms with Crippen LogP contribution in [0.25, 0.3) is 0 Å². The summed E-state index contributed by atoms with van der Waals surface area (Å²) in [7, 11) is 0. The van der Waals surface area contributed by atoms with E-state index in [0.29, 0.717) is 0 Å². The van der Waals surface area contributed by atoms with Crippen LogP contribution in [0, 0.1) is 0 Å². The molecule has 0 fully saturated rings. The van der Waals surface area contributed by atoms with Gasteiger partial charge in [-0.25, -0.2) is 0 Å². The van der Waals surface area contributed by atoms with Crippen LogP contribution in [0.4, 0.5) is 0 Å². The van der Waals surface area contributed by atoms with Crippen molar-refractivity contribution in [3.63, 3.8) is 0 Å². The van der Waals surface area contributed by atoms with Gasteiger partial charge in [0.2, 0.25) is 0 Å². The Labute approximate surface area is 81.1 Å². The molecule has 0 aromatic rings. The first-order valence-electron chi connectivity index (χ1n) is 4.60. The van der Waals surface area contributed by atoms with Crippen LogP contribution in [0.1, 0.15) is 40.0 Å². The van der Waals surface area contributed by atoms with Gasteiger partial charge in [0.15, 0.2) is 0 Å². The maximum Gasteiger partial charge on any atom is -0.0140 e. The molecule has 0 saturated carbocycles. The molecule has 0 aliphatic rings. The quantitative estimate of drug-likeness (QED) is 0.451. The van der Waals surface area contributed by atoms with Crippen molar-refractivity contribution < 1.29 is 0 Å². The molecule has 0 aromatic heterocycles. The fourth-order valence-corrected chi connectivity index (χ4v) is 1.25. The van der Waals surface area contributed by atoms with E-state index in [2.05, 4.69) is 39.2 Å². The van der Waals surface area contributed by atoms with Gasteiger partial charge in [-0.05, 0) is 37.0 Å². The molecule has 0 spiro atoms. The topological polar surface area (TPSA) is 0 Å². The Hall–Kier alpha value is -0.170. The molecule has 0 aromatic carbocycles. The molecule has 12 heavy (non-hydrogen) atoms. The van der Waals surface area contributed by atoms with E-state index in [-0.39, 0.29) is 0 Å². The minimum atomic E-state index is 1.22. The lowest BCUT2D eigenvalue weighted by molar-refractivity contribution is 0.814. The third kappa shape index (κ3) is 5.48. The maximum absolute atomic E-state index is 2.28. The second kappa shape index (κ2) is 7.48. The van der Waals surface area contributed by atoms with E-state index >= 15 is 0 Å². The largest absolute Gasteiger partial charge is 0.134 e. The van der Waals surface area contributed by atoms with Crippen LogP contribution in [0.5, 0.6) is 0 Å². The molecule has 0 aliphatic carbocycles. The van der Waals surface area contributed by atoms with Crippen molar-refractivity contribution in [2.24, 2.45) is 0 Å². The first-order valence-corrected chi connectivity index (χ1v) is 5.82. The van der Waals surface area contributed by atoms with Crippen molar-refractivity contribution >= 4 is 11.8 Å². The number of allylic oxidation sites excluding steroid dienone is 4. The SMILES string of the molecule is CCCC/C=C\C(C)=C(\C)SC. The van der Waals surface area contributed by atoms with Gasteiger partial charge in [-0.15, -0.1) is 11.8 Å². The number of unbranched alkanes of at least 4 members (excludes halogenated alkanes) is 2. The summed E-state index contributed by atoms with van der Waals surface area (Å²) >= 11 is 1.83. The fraction of sp³-hybridized carbons (Fsp3) is 0.636. The summed E-state index contributed by atoms with van der Waals surface area (Å²) in [5.74, 6) is 0. The molecule has 1 heteroatoms. The molecule has 0 nitrogen and oxygen atoms in total. The van der Waals surface area contributed by atoms with E-state index in [4.69, 9.17) is 0 Å². The van der Waals surface area contributed by atoms with Gasteiger partial charge in [-0.1, -0.05) is 31.9 Å². The van der Waals surface area contributed by atoms with E-state index in [1.165, 1.54) is 29.7 Å². The Morgan fingerprint density at radius 3 is 2.50 bits per heavy atom. The van der Waals surface area contributed by atoms with Crippen LogP contribution in [0.2, 0.25) is 0 Å². The Balaban J connectivity index is 3.82. The lowest BCUT2D eigenvalue weighted by Crippen LogP contribution is -1.74. The van der Waals surface area contributed by atoms with Gasteiger partial charge >= 0.3 is 0 Å². The predicted molar refractivity (Wildman–Crippen MR) is 60.6 cm³/mol. The highest BCUT2D eigenvalue weighted by molar-refractivity contribution is 8.02. The Kier molecular flexibility index (Phi) is 7.37. The average Bonchev–Trinajstić information content (AvgIpc) is 2.10.